The number of aryl methyl sites for hydroxylation is 1. The highest BCUT2D eigenvalue weighted by Gasteiger charge is 2.29. The third-order valence-corrected chi connectivity index (χ3v) is 5.36. The fourth-order valence-corrected chi connectivity index (χ4v) is 3.48. The molecular weight excluding hydrogens is 338 g/mol. The number of aromatic nitrogens is 2. The molecule has 1 aliphatic rings. The Hall–Kier alpha value is -1.40. The van der Waals surface area contributed by atoms with Gasteiger partial charge in [0, 0.05) is 55.4 Å². The lowest BCUT2D eigenvalue weighted by Crippen LogP contribution is -2.44. The van der Waals surface area contributed by atoms with E-state index in [-0.39, 0.29) is 0 Å². The van der Waals surface area contributed by atoms with Crippen LogP contribution in [0.2, 0.25) is 5.02 Å². The van der Waals surface area contributed by atoms with E-state index in [0.717, 1.165) is 22.0 Å². The Kier molecular flexibility index (Phi) is 5.79. The molecule has 1 aromatic carbocycles. The average Bonchev–Trinajstić information content (AvgIpc) is 2.85. The van der Waals surface area contributed by atoms with Crippen LogP contribution in [0.3, 0.4) is 0 Å². The maximum Gasteiger partial charge on any atom is 0.0815 e. The van der Waals surface area contributed by atoms with E-state index in [2.05, 4.69) is 17.3 Å². The van der Waals surface area contributed by atoms with Crippen molar-refractivity contribution in [2.45, 2.75) is 45.4 Å². The molecule has 0 atom stereocenters. The highest BCUT2D eigenvalue weighted by Crippen LogP contribution is 2.21. The molecule has 25 heavy (non-hydrogen) atoms. The second-order valence-corrected chi connectivity index (χ2v) is 7.25. The second-order valence-electron chi connectivity index (χ2n) is 6.84. The van der Waals surface area contributed by atoms with Gasteiger partial charge in [0.25, 0.3) is 0 Å². The van der Waals surface area contributed by atoms with Crippen LogP contribution in [-0.4, -0.2) is 40.2 Å². The predicted octanol–water partition coefficient (Wildman–Crippen LogP) is 2.83. The van der Waals surface area contributed by atoms with Crippen molar-refractivity contribution < 1.29 is 9.84 Å². The Morgan fingerprint density at radius 1 is 1.28 bits per heavy atom. The summed E-state index contributed by atoms with van der Waals surface area (Å²) >= 11 is 6.27. The maximum absolute atomic E-state index is 10.5. The van der Waals surface area contributed by atoms with Crippen molar-refractivity contribution in [2.24, 2.45) is 0 Å². The number of ether oxygens (including phenoxy) is 1. The summed E-state index contributed by atoms with van der Waals surface area (Å²) < 4.78 is 7.32. The number of nitrogens with zero attached hydrogens (tertiary/aromatic N) is 2. The molecule has 1 aliphatic heterocycles. The number of halogens is 1. The monoisotopic (exact) mass is 363 g/mol. The molecule has 2 heterocycles. The quantitative estimate of drug-likeness (QED) is 0.828. The van der Waals surface area contributed by atoms with Gasteiger partial charge in [-0.2, -0.15) is 5.10 Å². The number of hydrogen-bond donors (Lipinski definition) is 2. The molecule has 5 nitrogen and oxygen atoms in total. The zero-order chi connectivity index (χ0) is 17.9. The minimum Gasteiger partial charge on any atom is -0.388 e. The highest BCUT2D eigenvalue weighted by molar-refractivity contribution is 6.31. The summed E-state index contributed by atoms with van der Waals surface area (Å²) in [6.07, 6.45) is 1.37. The molecule has 0 unspecified atom stereocenters. The fraction of sp³-hybridized carbons (Fsp3) is 0.526. The third-order valence-electron chi connectivity index (χ3n) is 4.99. The number of nitrogens with one attached hydrogen (secondary N) is 1. The summed E-state index contributed by atoms with van der Waals surface area (Å²) in [6.45, 7) is 7.30. The van der Waals surface area contributed by atoms with Gasteiger partial charge in [0.1, 0.15) is 0 Å². The molecule has 0 aliphatic carbocycles. The first-order valence-electron chi connectivity index (χ1n) is 8.76. The maximum atomic E-state index is 10.5. The molecule has 0 saturated carbocycles. The normalized spacial score (nSPS) is 17.0. The number of benzene rings is 1. The van der Waals surface area contributed by atoms with Crippen molar-refractivity contribution in [3.63, 3.8) is 0 Å². The molecule has 1 aromatic heterocycles. The van der Waals surface area contributed by atoms with Gasteiger partial charge in [-0.1, -0.05) is 29.8 Å². The standard InChI is InChI=1S/C19H26ClN3O2/c1-14-17(11-21-13-19(24)7-9-25-10-8-19)15(2)23(22-14)12-16-5-3-4-6-18(16)20/h3-6,21,24H,7-13H2,1-2H3. The van der Waals surface area contributed by atoms with Crippen LogP contribution in [0.5, 0.6) is 0 Å². The van der Waals surface area contributed by atoms with Gasteiger partial charge in [-0.3, -0.25) is 4.68 Å². The van der Waals surface area contributed by atoms with Gasteiger partial charge in [0.2, 0.25) is 0 Å². The minimum atomic E-state index is -0.659. The molecular formula is C19H26ClN3O2. The van der Waals surface area contributed by atoms with Crippen LogP contribution in [-0.2, 0) is 17.8 Å². The van der Waals surface area contributed by atoms with E-state index in [4.69, 9.17) is 16.3 Å². The van der Waals surface area contributed by atoms with Gasteiger partial charge in [0.15, 0.2) is 0 Å². The molecule has 0 amide bonds. The molecule has 1 fully saturated rings. The van der Waals surface area contributed by atoms with E-state index in [1.165, 1.54) is 5.56 Å². The first-order chi connectivity index (χ1) is 12.0. The second kappa shape index (κ2) is 7.87. The largest absolute Gasteiger partial charge is 0.388 e. The first-order valence-corrected chi connectivity index (χ1v) is 9.13. The lowest BCUT2D eigenvalue weighted by Gasteiger charge is -2.32. The zero-order valence-electron chi connectivity index (χ0n) is 14.9. The Morgan fingerprint density at radius 2 is 2.00 bits per heavy atom. The molecule has 1 saturated heterocycles. The lowest BCUT2D eigenvalue weighted by atomic mass is 9.94. The average molecular weight is 364 g/mol. The molecule has 0 radical (unpaired) electrons. The summed E-state index contributed by atoms with van der Waals surface area (Å²) in [7, 11) is 0. The van der Waals surface area contributed by atoms with E-state index >= 15 is 0 Å². The number of aliphatic hydroxyl groups is 1. The summed E-state index contributed by atoms with van der Waals surface area (Å²) in [5.41, 5.74) is 3.72. The number of rotatable bonds is 6. The Morgan fingerprint density at radius 3 is 2.72 bits per heavy atom. The van der Waals surface area contributed by atoms with Gasteiger partial charge in [-0.05, 0) is 25.5 Å². The van der Waals surface area contributed by atoms with Crippen LogP contribution in [0, 0.1) is 13.8 Å². The Labute approximate surface area is 154 Å². The molecule has 0 bridgehead atoms. The lowest BCUT2D eigenvalue weighted by molar-refractivity contribution is -0.0617. The topological polar surface area (TPSA) is 59.3 Å². The zero-order valence-corrected chi connectivity index (χ0v) is 15.6. The van der Waals surface area contributed by atoms with Crippen molar-refractivity contribution in [1.82, 2.24) is 15.1 Å². The van der Waals surface area contributed by atoms with Crippen molar-refractivity contribution >= 4 is 11.6 Å². The van der Waals surface area contributed by atoms with Crippen LogP contribution in [0.15, 0.2) is 24.3 Å². The predicted molar refractivity (Wildman–Crippen MR) is 99.0 cm³/mol. The molecule has 2 N–H and O–H groups in total. The highest BCUT2D eigenvalue weighted by atomic mass is 35.5. The van der Waals surface area contributed by atoms with Crippen molar-refractivity contribution in [3.05, 3.63) is 51.8 Å². The van der Waals surface area contributed by atoms with Gasteiger partial charge in [-0.25, -0.2) is 0 Å². The van der Waals surface area contributed by atoms with Crippen LogP contribution in [0.1, 0.15) is 35.4 Å². The molecule has 0 spiro atoms. The SMILES string of the molecule is Cc1nn(Cc2ccccc2Cl)c(C)c1CNCC1(O)CCOCC1. The van der Waals surface area contributed by atoms with Crippen molar-refractivity contribution in [2.75, 3.05) is 19.8 Å². The third kappa shape index (κ3) is 4.42. The van der Waals surface area contributed by atoms with Crippen LogP contribution in [0.25, 0.3) is 0 Å². The minimum absolute atomic E-state index is 0.574. The van der Waals surface area contributed by atoms with Gasteiger partial charge in [0.05, 0.1) is 17.8 Å². The van der Waals surface area contributed by atoms with Crippen LogP contribution in [0.4, 0.5) is 0 Å². The van der Waals surface area contributed by atoms with Crippen molar-refractivity contribution in [1.29, 1.82) is 0 Å². The summed E-state index contributed by atoms with van der Waals surface area (Å²) in [5, 5.41) is 19.4. The molecule has 6 heteroatoms. The van der Waals surface area contributed by atoms with E-state index < -0.39 is 5.60 Å². The molecule has 2 aromatic rings. The van der Waals surface area contributed by atoms with Gasteiger partial charge in [-0.15, -0.1) is 0 Å². The number of hydrogen-bond acceptors (Lipinski definition) is 4. The fourth-order valence-electron chi connectivity index (χ4n) is 3.28. The Balaban J connectivity index is 1.64. The van der Waals surface area contributed by atoms with E-state index in [9.17, 15) is 5.11 Å². The first kappa shape index (κ1) is 18.4. The van der Waals surface area contributed by atoms with Crippen LogP contribution < -0.4 is 5.32 Å². The van der Waals surface area contributed by atoms with E-state index in [1.54, 1.807) is 0 Å². The smallest absolute Gasteiger partial charge is 0.0815 e. The Bertz CT molecular complexity index is 723. The summed E-state index contributed by atoms with van der Waals surface area (Å²) in [6, 6.07) is 7.85. The van der Waals surface area contributed by atoms with E-state index in [0.29, 0.717) is 45.7 Å². The summed E-state index contributed by atoms with van der Waals surface area (Å²) in [5.74, 6) is 0. The summed E-state index contributed by atoms with van der Waals surface area (Å²) in [4.78, 5) is 0. The molecule has 3 rings (SSSR count). The van der Waals surface area contributed by atoms with Gasteiger partial charge >= 0.3 is 0 Å². The van der Waals surface area contributed by atoms with Crippen molar-refractivity contribution in [3.8, 4) is 0 Å². The molecule has 136 valence electrons. The van der Waals surface area contributed by atoms with Crippen LogP contribution >= 0.6 is 11.6 Å². The van der Waals surface area contributed by atoms with E-state index in [1.807, 2.05) is 35.9 Å². The van der Waals surface area contributed by atoms with Gasteiger partial charge < -0.3 is 15.2 Å².